The van der Waals surface area contributed by atoms with E-state index in [0.29, 0.717) is 25.3 Å². The molecule has 0 bridgehead atoms. The number of rotatable bonds is 7. The second kappa shape index (κ2) is 9.72. The molecule has 0 spiro atoms. The van der Waals surface area contributed by atoms with Gasteiger partial charge >= 0.3 is 6.18 Å². The summed E-state index contributed by atoms with van der Waals surface area (Å²) in [5.74, 6) is 0.232. The standard InChI is InChI=1S/C28H23F3N4/c29-28(30,31)24-14-15-32-17-23(24)27-33-25(26-13-7-8-16-35(26)27)20-34(18-21-9-3-1-4-10-21)19-22-11-5-2-6-12-22/h1-17H,18-20H2. The third-order valence-corrected chi connectivity index (χ3v) is 5.86. The predicted molar refractivity (Wildman–Crippen MR) is 129 cm³/mol. The van der Waals surface area contributed by atoms with Crippen molar-refractivity contribution in [2.24, 2.45) is 0 Å². The van der Waals surface area contributed by atoms with Crippen LogP contribution in [-0.4, -0.2) is 19.3 Å². The van der Waals surface area contributed by atoms with E-state index in [-0.39, 0.29) is 11.4 Å². The summed E-state index contributed by atoms with van der Waals surface area (Å²) < 4.78 is 43.0. The van der Waals surface area contributed by atoms with Crippen molar-refractivity contribution in [3.63, 3.8) is 0 Å². The Morgan fingerprint density at radius 3 is 2.00 bits per heavy atom. The van der Waals surface area contributed by atoms with E-state index in [1.54, 1.807) is 16.7 Å². The number of fused-ring (bicyclic) bond motifs is 1. The van der Waals surface area contributed by atoms with E-state index in [4.69, 9.17) is 4.98 Å². The van der Waals surface area contributed by atoms with E-state index in [9.17, 15) is 13.2 Å². The minimum absolute atomic E-state index is 0.0369. The molecular weight excluding hydrogens is 449 g/mol. The summed E-state index contributed by atoms with van der Waals surface area (Å²) >= 11 is 0. The molecule has 0 aliphatic heterocycles. The van der Waals surface area contributed by atoms with Gasteiger partial charge in [0.1, 0.15) is 5.82 Å². The quantitative estimate of drug-likeness (QED) is 0.267. The molecule has 3 heterocycles. The molecule has 7 heteroatoms. The summed E-state index contributed by atoms with van der Waals surface area (Å²) in [6.45, 7) is 1.83. The fourth-order valence-corrected chi connectivity index (χ4v) is 4.29. The van der Waals surface area contributed by atoms with Crippen LogP contribution in [0.5, 0.6) is 0 Å². The van der Waals surface area contributed by atoms with Gasteiger partial charge in [-0.25, -0.2) is 4.98 Å². The lowest BCUT2D eigenvalue weighted by Gasteiger charge is -2.22. The first kappa shape index (κ1) is 22.8. The lowest BCUT2D eigenvalue weighted by atomic mass is 10.1. The zero-order valence-corrected chi connectivity index (χ0v) is 18.9. The Morgan fingerprint density at radius 1 is 0.743 bits per heavy atom. The largest absolute Gasteiger partial charge is 0.417 e. The molecule has 3 aromatic heterocycles. The number of aromatic nitrogens is 3. The Morgan fingerprint density at radius 2 is 1.37 bits per heavy atom. The number of alkyl halides is 3. The van der Waals surface area contributed by atoms with Crippen molar-refractivity contribution >= 4 is 5.52 Å². The minimum atomic E-state index is -4.51. The van der Waals surface area contributed by atoms with Gasteiger partial charge in [-0.3, -0.25) is 14.3 Å². The van der Waals surface area contributed by atoms with E-state index >= 15 is 0 Å². The maximum Gasteiger partial charge on any atom is 0.417 e. The molecule has 35 heavy (non-hydrogen) atoms. The second-order valence-electron chi connectivity index (χ2n) is 8.37. The summed E-state index contributed by atoms with van der Waals surface area (Å²) in [5.41, 5.74) is 3.00. The van der Waals surface area contributed by atoms with Crippen LogP contribution in [0, 0.1) is 0 Å². The summed E-state index contributed by atoms with van der Waals surface area (Å²) in [4.78, 5) is 10.9. The molecule has 0 radical (unpaired) electrons. The van der Waals surface area contributed by atoms with Crippen molar-refractivity contribution in [2.45, 2.75) is 25.8 Å². The van der Waals surface area contributed by atoms with Crippen LogP contribution < -0.4 is 0 Å². The van der Waals surface area contributed by atoms with Gasteiger partial charge in [0, 0.05) is 43.8 Å². The Bertz CT molecular complexity index is 1370. The van der Waals surface area contributed by atoms with E-state index in [1.165, 1.54) is 6.20 Å². The van der Waals surface area contributed by atoms with Crippen LogP contribution in [0.15, 0.2) is 104 Å². The first-order chi connectivity index (χ1) is 17.0. The maximum absolute atomic E-state index is 13.8. The highest BCUT2D eigenvalue weighted by Crippen LogP contribution is 2.36. The molecule has 0 aliphatic carbocycles. The van der Waals surface area contributed by atoms with Crippen molar-refractivity contribution in [1.29, 1.82) is 0 Å². The first-order valence-electron chi connectivity index (χ1n) is 11.3. The predicted octanol–water partition coefficient (Wildman–Crippen LogP) is 6.62. The maximum atomic E-state index is 13.8. The summed E-state index contributed by atoms with van der Waals surface area (Å²) in [6, 6.07) is 26.8. The van der Waals surface area contributed by atoms with Crippen LogP contribution >= 0.6 is 0 Å². The Kier molecular flexibility index (Phi) is 6.33. The zero-order valence-electron chi connectivity index (χ0n) is 18.9. The van der Waals surface area contributed by atoms with Crippen LogP contribution in [0.4, 0.5) is 13.2 Å². The molecule has 5 rings (SSSR count). The van der Waals surface area contributed by atoms with Crippen molar-refractivity contribution in [3.05, 3.63) is 126 Å². The Balaban J connectivity index is 1.56. The number of imidazole rings is 1. The van der Waals surface area contributed by atoms with E-state index in [0.717, 1.165) is 28.9 Å². The van der Waals surface area contributed by atoms with Crippen LogP contribution in [0.3, 0.4) is 0 Å². The molecule has 0 amide bonds. The van der Waals surface area contributed by atoms with E-state index in [1.807, 2.05) is 48.5 Å². The third-order valence-electron chi connectivity index (χ3n) is 5.86. The summed E-state index contributed by atoms with van der Waals surface area (Å²) in [7, 11) is 0. The van der Waals surface area contributed by atoms with Crippen molar-refractivity contribution in [1.82, 2.24) is 19.3 Å². The molecule has 0 N–H and O–H groups in total. The topological polar surface area (TPSA) is 33.4 Å². The summed E-state index contributed by atoms with van der Waals surface area (Å²) in [5, 5.41) is 0. The molecule has 2 aromatic carbocycles. The van der Waals surface area contributed by atoms with Crippen LogP contribution in [0.2, 0.25) is 0 Å². The van der Waals surface area contributed by atoms with Gasteiger partial charge in [-0.1, -0.05) is 66.7 Å². The number of benzene rings is 2. The van der Waals surface area contributed by atoms with Gasteiger partial charge in [-0.2, -0.15) is 13.2 Å². The molecule has 176 valence electrons. The van der Waals surface area contributed by atoms with Gasteiger partial charge in [0.15, 0.2) is 0 Å². The lowest BCUT2D eigenvalue weighted by molar-refractivity contribution is -0.137. The smallest absolute Gasteiger partial charge is 0.299 e. The number of nitrogens with zero attached hydrogens (tertiary/aromatic N) is 4. The van der Waals surface area contributed by atoms with Crippen molar-refractivity contribution in [3.8, 4) is 11.4 Å². The van der Waals surface area contributed by atoms with Gasteiger partial charge in [-0.15, -0.1) is 0 Å². The van der Waals surface area contributed by atoms with Gasteiger partial charge in [0.2, 0.25) is 0 Å². The first-order valence-corrected chi connectivity index (χ1v) is 11.3. The highest BCUT2D eigenvalue weighted by Gasteiger charge is 2.35. The van der Waals surface area contributed by atoms with Gasteiger partial charge in [-0.05, 0) is 29.3 Å². The lowest BCUT2D eigenvalue weighted by Crippen LogP contribution is -2.22. The normalized spacial score (nSPS) is 11.9. The monoisotopic (exact) mass is 472 g/mol. The van der Waals surface area contributed by atoms with Crippen LogP contribution in [0.1, 0.15) is 22.4 Å². The van der Waals surface area contributed by atoms with E-state index < -0.39 is 11.7 Å². The van der Waals surface area contributed by atoms with Gasteiger partial charge < -0.3 is 0 Å². The summed E-state index contributed by atoms with van der Waals surface area (Å²) in [6.07, 6.45) is -0.372. The average molecular weight is 473 g/mol. The number of halogens is 3. The highest BCUT2D eigenvalue weighted by atomic mass is 19.4. The Labute approximate surface area is 201 Å². The molecule has 5 aromatic rings. The van der Waals surface area contributed by atoms with E-state index in [2.05, 4.69) is 34.1 Å². The molecule has 0 fully saturated rings. The SMILES string of the molecule is FC(F)(F)c1ccncc1-c1nc(CN(Cc2ccccc2)Cc2ccccc2)c2ccccn12. The molecule has 0 saturated heterocycles. The number of pyridine rings is 2. The van der Waals surface area contributed by atoms with Crippen molar-refractivity contribution < 1.29 is 13.2 Å². The zero-order chi connectivity index (χ0) is 24.3. The minimum Gasteiger partial charge on any atom is -0.299 e. The fourth-order valence-electron chi connectivity index (χ4n) is 4.29. The average Bonchev–Trinajstić information content (AvgIpc) is 3.23. The molecule has 4 nitrogen and oxygen atoms in total. The second-order valence-corrected chi connectivity index (χ2v) is 8.37. The van der Waals surface area contributed by atoms with Crippen LogP contribution in [-0.2, 0) is 25.8 Å². The molecule has 0 aliphatic rings. The van der Waals surface area contributed by atoms with Gasteiger partial charge in [0.05, 0.1) is 16.8 Å². The molecule has 0 unspecified atom stereocenters. The number of hydrogen-bond acceptors (Lipinski definition) is 3. The number of hydrogen-bond donors (Lipinski definition) is 0. The van der Waals surface area contributed by atoms with Crippen molar-refractivity contribution in [2.75, 3.05) is 0 Å². The molecule has 0 saturated carbocycles. The highest BCUT2D eigenvalue weighted by molar-refractivity contribution is 5.68. The molecule has 0 atom stereocenters. The fraction of sp³-hybridized carbons (Fsp3) is 0.143. The molecular formula is C28H23F3N4. The van der Waals surface area contributed by atoms with Gasteiger partial charge in [0.25, 0.3) is 0 Å². The Hall–Kier alpha value is -3.97. The van der Waals surface area contributed by atoms with Crippen LogP contribution in [0.25, 0.3) is 16.9 Å². The third kappa shape index (κ3) is 5.10.